The first-order valence-corrected chi connectivity index (χ1v) is 12.3. The summed E-state index contributed by atoms with van der Waals surface area (Å²) < 4.78 is 0.552. The fourth-order valence-electron chi connectivity index (χ4n) is 3.81. The van der Waals surface area contributed by atoms with Gasteiger partial charge in [0.15, 0.2) is 0 Å². The number of aliphatic hydroxyl groups excluding tert-OH is 1. The number of hydrogen-bond acceptors (Lipinski definition) is 8. The minimum absolute atomic E-state index is 0.168. The number of carbonyl (C=O) groups is 4. The first-order chi connectivity index (χ1) is 17.9. The average Bonchev–Trinajstić information content (AvgIpc) is 2.81. The normalized spacial score (nSPS) is 17.0. The lowest BCUT2D eigenvalue weighted by Crippen LogP contribution is -2.47. The van der Waals surface area contributed by atoms with Crippen LogP contribution in [0.2, 0.25) is 0 Å². The van der Waals surface area contributed by atoms with E-state index in [2.05, 4.69) is 37.2 Å². The Bertz CT molecular complexity index is 1250. The summed E-state index contributed by atoms with van der Waals surface area (Å²) in [4.78, 5) is 55.8. The molecule has 2 atom stereocenters. The molecule has 4 amide bonds. The lowest BCUT2D eigenvalue weighted by molar-refractivity contribution is -0.384. The van der Waals surface area contributed by atoms with E-state index in [1.807, 2.05) is 12.1 Å². The van der Waals surface area contributed by atoms with Gasteiger partial charge in [0.2, 0.25) is 23.6 Å². The molecule has 2 aliphatic rings. The molecule has 7 N–H and O–H groups in total. The molecule has 0 saturated carbocycles. The van der Waals surface area contributed by atoms with Crippen molar-refractivity contribution in [3.63, 3.8) is 0 Å². The minimum Gasteiger partial charge on any atom is -0.397 e. The monoisotopic (exact) mass is 592 g/mol. The number of anilines is 3. The molecule has 4 rings (SSSR count). The minimum atomic E-state index is -0.709. The van der Waals surface area contributed by atoms with Gasteiger partial charge in [-0.05, 0) is 30.2 Å². The van der Waals surface area contributed by atoms with Crippen molar-refractivity contribution in [2.45, 2.75) is 45.7 Å². The molecule has 13 nitrogen and oxygen atoms in total. The molecule has 38 heavy (non-hydrogen) atoms. The van der Waals surface area contributed by atoms with Crippen molar-refractivity contribution in [2.75, 3.05) is 23.0 Å². The summed E-state index contributed by atoms with van der Waals surface area (Å²) in [5.41, 5.74) is 8.54. The highest BCUT2D eigenvalue weighted by molar-refractivity contribution is 9.10. The maximum Gasteiger partial charge on any atom is 0.294 e. The molecule has 0 bridgehead atoms. The highest BCUT2D eigenvalue weighted by Gasteiger charge is 2.32. The van der Waals surface area contributed by atoms with E-state index in [1.54, 1.807) is 19.1 Å². The lowest BCUT2D eigenvalue weighted by Gasteiger charge is -2.25. The van der Waals surface area contributed by atoms with Crippen LogP contribution in [0.15, 0.2) is 34.8 Å². The van der Waals surface area contributed by atoms with Gasteiger partial charge in [0.05, 0.1) is 16.3 Å². The third-order valence-electron chi connectivity index (χ3n) is 5.28. The number of aliphatic hydroxyl groups is 1. The summed E-state index contributed by atoms with van der Waals surface area (Å²) in [7, 11) is 0. The summed E-state index contributed by atoms with van der Waals surface area (Å²) >= 11 is 3.19. The van der Waals surface area contributed by atoms with Gasteiger partial charge in [-0.1, -0.05) is 28.1 Å². The number of nitrogens with zero attached hydrogens (tertiary/aromatic N) is 1. The van der Waals surface area contributed by atoms with Gasteiger partial charge in [-0.2, -0.15) is 0 Å². The second-order valence-electron chi connectivity index (χ2n) is 8.31. The van der Waals surface area contributed by atoms with Crippen molar-refractivity contribution in [1.82, 2.24) is 10.6 Å². The molecule has 204 valence electrons. The molecular weight excluding hydrogens is 564 g/mol. The first-order valence-electron chi connectivity index (χ1n) is 11.5. The van der Waals surface area contributed by atoms with Crippen LogP contribution >= 0.6 is 15.9 Å². The van der Waals surface area contributed by atoms with E-state index in [9.17, 15) is 29.3 Å². The third kappa shape index (κ3) is 7.98. The number of rotatable bonds is 3. The Kier molecular flexibility index (Phi) is 10.7. The van der Waals surface area contributed by atoms with Crippen LogP contribution in [0.5, 0.6) is 0 Å². The second-order valence-corrected chi connectivity index (χ2v) is 9.22. The number of nitrogen functional groups attached to an aromatic ring is 1. The number of nitro benzene ring substituents is 1. The first kappa shape index (κ1) is 30.2. The van der Waals surface area contributed by atoms with E-state index in [4.69, 9.17) is 10.8 Å². The molecule has 0 radical (unpaired) electrons. The number of amides is 4. The van der Waals surface area contributed by atoms with E-state index in [1.165, 1.54) is 19.9 Å². The number of benzene rings is 2. The number of nitrogens with one attached hydrogen (secondary N) is 4. The second kappa shape index (κ2) is 13.5. The van der Waals surface area contributed by atoms with E-state index in [-0.39, 0.29) is 42.1 Å². The van der Waals surface area contributed by atoms with Gasteiger partial charge in [-0.25, -0.2) is 0 Å². The molecule has 2 aromatic rings. The maximum atomic E-state index is 11.8. The zero-order chi connectivity index (χ0) is 28.6. The van der Waals surface area contributed by atoms with E-state index in [0.717, 1.165) is 5.56 Å². The number of nitrogens with two attached hydrogens (primary N) is 1. The molecular formula is C24H29BrN6O7. The van der Waals surface area contributed by atoms with E-state index in [0.29, 0.717) is 27.8 Å². The summed E-state index contributed by atoms with van der Waals surface area (Å²) in [5.74, 6) is -1.21. The standard InChI is InChI=1S/C11H10BrN3O4.C11H13N3O2.C2H6O/c1-5(16)13-8-3-6-2-7(12)4-9(15(18)19)10(6)14-11(8)17;1-6(15)13-9-5-7-3-2-4-8(12)10(7)14-11(9)16;1-2-3/h2,4,8H,3H2,1H3,(H,13,16)(H,14,17);2-4,9H,5,12H2,1H3,(H,13,15)(H,14,16);3H,2H2,1H3. The van der Waals surface area contributed by atoms with Crippen molar-refractivity contribution in [3.8, 4) is 0 Å². The molecule has 14 heteroatoms. The summed E-state index contributed by atoms with van der Waals surface area (Å²) in [6.45, 7) is 4.63. The highest BCUT2D eigenvalue weighted by Crippen LogP contribution is 2.35. The predicted molar refractivity (Wildman–Crippen MR) is 144 cm³/mol. The Labute approximate surface area is 226 Å². The zero-order valence-electron chi connectivity index (χ0n) is 21.0. The van der Waals surface area contributed by atoms with Gasteiger partial charge < -0.3 is 32.1 Å². The van der Waals surface area contributed by atoms with Crippen LogP contribution in [0, 0.1) is 10.1 Å². The van der Waals surface area contributed by atoms with Crippen LogP contribution in [-0.4, -0.2) is 52.3 Å². The van der Waals surface area contributed by atoms with Crippen LogP contribution in [0.4, 0.5) is 22.7 Å². The van der Waals surface area contributed by atoms with Crippen molar-refractivity contribution in [3.05, 3.63) is 56.0 Å². The fourth-order valence-corrected chi connectivity index (χ4v) is 4.30. The molecule has 0 fully saturated rings. The van der Waals surface area contributed by atoms with Gasteiger partial charge >= 0.3 is 0 Å². The maximum absolute atomic E-state index is 11.8. The quantitative estimate of drug-likeness (QED) is 0.175. The van der Waals surface area contributed by atoms with Gasteiger partial charge in [0.1, 0.15) is 17.8 Å². The van der Waals surface area contributed by atoms with E-state index < -0.39 is 22.9 Å². The molecule has 0 spiro atoms. The Morgan fingerprint density at radius 2 is 1.55 bits per heavy atom. The molecule has 2 aromatic carbocycles. The number of carbonyl (C=O) groups excluding carboxylic acids is 4. The molecule has 0 aliphatic carbocycles. The van der Waals surface area contributed by atoms with Crippen LogP contribution in [0.25, 0.3) is 0 Å². The molecule has 0 aromatic heterocycles. The smallest absolute Gasteiger partial charge is 0.294 e. The summed E-state index contributed by atoms with van der Waals surface area (Å²) in [6, 6.07) is 7.26. The van der Waals surface area contributed by atoms with Gasteiger partial charge in [0, 0.05) is 43.8 Å². The summed E-state index contributed by atoms with van der Waals surface area (Å²) in [5, 5.41) is 28.8. The molecule has 0 saturated heterocycles. The number of halogens is 1. The van der Waals surface area contributed by atoms with Crippen molar-refractivity contribution < 1.29 is 29.2 Å². The lowest BCUT2D eigenvalue weighted by atomic mass is 9.98. The van der Waals surface area contributed by atoms with Crippen molar-refractivity contribution in [2.24, 2.45) is 0 Å². The largest absolute Gasteiger partial charge is 0.397 e. The Hall–Kier alpha value is -4.04. The van der Waals surface area contributed by atoms with Crippen LogP contribution in [0.1, 0.15) is 31.9 Å². The van der Waals surface area contributed by atoms with Gasteiger partial charge in [-0.3, -0.25) is 29.3 Å². The Balaban J connectivity index is 0.000000245. The SMILES string of the molecule is CC(=O)NC1Cc2cc(Br)cc([N+](=O)[O-])c2NC1=O.CC(=O)NC1Cc2cccc(N)c2NC1=O.CCO. The number of nitro groups is 1. The van der Waals surface area contributed by atoms with Crippen LogP contribution in [-0.2, 0) is 32.0 Å². The number of hydrogen-bond donors (Lipinski definition) is 6. The average molecular weight is 593 g/mol. The topological polar surface area (TPSA) is 206 Å². The Morgan fingerprint density at radius 1 is 1.05 bits per heavy atom. The number of para-hydroxylation sites is 1. The molecule has 2 aliphatic heterocycles. The number of fused-ring (bicyclic) bond motifs is 2. The molecule has 2 unspecified atom stereocenters. The third-order valence-corrected chi connectivity index (χ3v) is 5.73. The highest BCUT2D eigenvalue weighted by atomic mass is 79.9. The van der Waals surface area contributed by atoms with Gasteiger partial charge in [0.25, 0.3) is 5.69 Å². The van der Waals surface area contributed by atoms with Crippen LogP contribution < -0.4 is 27.0 Å². The van der Waals surface area contributed by atoms with E-state index >= 15 is 0 Å². The van der Waals surface area contributed by atoms with Crippen LogP contribution in [0.3, 0.4) is 0 Å². The fraction of sp³-hybridized carbons (Fsp3) is 0.333. The predicted octanol–water partition coefficient (Wildman–Crippen LogP) is 1.62. The summed E-state index contributed by atoms with van der Waals surface area (Å²) in [6.07, 6.45) is 0.701. The zero-order valence-corrected chi connectivity index (χ0v) is 22.5. The molecule has 2 heterocycles. The van der Waals surface area contributed by atoms with Crippen molar-refractivity contribution in [1.29, 1.82) is 0 Å². The van der Waals surface area contributed by atoms with Gasteiger partial charge in [-0.15, -0.1) is 0 Å². The van der Waals surface area contributed by atoms with Crippen molar-refractivity contribution >= 4 is 62.3 Å². The Morgan fingerprint density at radius 3 is 2.05 bits per heavy atom.